The van der Waals surface area contributed by atoms with Crippen LogP contribution < -0.4 is 0 Å². The molecule has 1 heterocycles. The summed E-state index contributed by atoms with van der Waals surface area (Å²) in [6.07, 6.45) is -3.93. The van der Waals surface area contributed by atoms with Crippen molar-refractivity contribution in [3.63, 3.8) is 0 Å². The summed E-state index contributed by atoms with van der Waals surface area (Å²) in [6, 6.07) is 8.10. The van der Waals surface area contributed by atoms with Gasteiger partial charge in [-0.1, -0.05) is 47.5 Å². The molecular formula is C26H17BrCl2F4O4S. The molecule has 0 radical (unpaired) electrons. The quantitative estimate of drug-likeness (QED) is 0.270. The maximum Gasteiger partial charge on any atom is 0.416 e. The van der Waals surface area contributed by atoms with Crippen molar-refractivity contribution in [2.75, 3.05) is 0 Å². The van der Waals surface area contributed by atoms with Gasteiger partial charge in [0.05, 0.1) is 30.2 Å². The Labute approximate surface area is 236 Å². The van der Waals surface area contributed by atoms with Gasteiger partial charge in [0.1, 0.15) is 11.2 Å². The van der Waals surface area contributed by atoms with E-state index in [0.29, 0.717) is 19.8 Å². The number of hydrogen-bond acceptors (Lipinski definition) is 3. The molecule has 12 heteroatoms. The third-order valence-corrected chi connectivity index (χ3v) is 9.96. The molecule has 3 aromatic rings. The van der Waals surface area contributed by atoms with Gasteiger partial charge in [-0.25, -0.2) is 4.39 Å². The summed E-state index contributed by atoms with van der Waals surface area (Å²) in [6.45, 7) is 1.33. The summed E-state index contributed by atoms with van der Waals surface area (Å²) in [7, 11) is 0. The molecule has 1 aromatic heterocycles. The summed E-state index contributed by atoms with van der Waals surface area (Å²) in [5.74, 6) is -3.68. The lowest BCUT2D eigenvalue weighted by Crippen LogP contribution is -2.46. The summed E-state index contributed by atoms with van der Waals surface area (Å²) in [5, 5.41) is 20.4. The fourth-order valence-electron chi connectivity index (χ4n) is 4.77. The highest BCUT2D eigenvalue weighted by molar-refractivity contribution is 9.10. The molecule has 0 saturated carbocycles. The van der Waals surface area contributed by atoms with E-state index in [9.17, 15) is 33.0 Å². The Kier molecular flexibility index (Phi) is 7.50. The van der Waals surface area contributed by atoms with Crippen molar-refractivity contribution >= 4 is 68.0 Å². The van der Waals surface area contributed by atoms with Gasteiger partial charge in [-0.15, -0.1) is 11.3 Å². The Balaban J connectivity index is 1.91. The topological polar surface area (TPSA) is 74.6 Å². The number of alkyl halides is 3. The molecule has 0 aliphatic heterocycles. The highest BCUT2D eigenvalue weighted by Gasteiger charge is 2.54. The molecule has 0 spiro atoms. The molecule has 2 N–H and O–H groups in total. The third-order valence-electron chi connectivity index (χ3n) is 6.55. The molecule has 2 aromatic carbocycles. The van der Waals surface area contributed by atoms with Crippen molar-refractivity contribution in [1.82, 2.24) is 0 Å². The first-order valence-corrected chi connectivity index (χ1v) is 13.3. The summed E-state index contributed by atoms with van der Waals surface area (Å²) < 4.78 is 54.5. The van der Waals surface area contributed by atoms with Crippen LogP contribution in [-0.2, 0) is 21.2 Å². The van der Waals surface area contributed by atoms with Gasteiger partial charge in [-0.05, 0) is 71.1 Å². The molecule has 38 heavy (non-hydrogen) atoms. The van der Waals surface area contributed by atoms with Gasteiger partial charge in [-0.2, -0.15) is 13.2 Å². The standard InChI is InChI=1S/C26H17BrCl2F4O4S/c1-24(22(34)35)9-13(10-25(11-24,23(36)37)17-15(28)3-2-4-16(17)30)21-19(29)18(27)20(38-21)12-5-7-14(8-6-12)26(31,32)33/h2-9H,10-11H2,1H3,(H,34,35)(H,36,37). The van der Waals surface area contributed by atoms with Crippen molar-refractivity contribution < 1.29 is 37.4 Å². The highest BCUT2D eigenvalue weighted by Crippen LogP contribution is 2.56. The van der Waals surface area contributed by atoms with E-state index >= 15 is 4.39 Å². The molecule has 0 amide bonds. The zero-order valence-electron chi connectivity index (χ0n) is 19.3. The molecule has 4 rings (SSSR count). The minimum absolute atomic E-state index is 0.115. The monoisotopic (exact) mass is 650 g/mol. The molecular weight excluding hydrogens is 635 g/mol. The van der Waals surface area contributed by atoms with E-state index in [1.807, 2.05) is 0 Å². The smallest absolute Gasteiger partial charge is 0.416 e. The first kappa shape index (κ1) is 28.6. The van der Waals surface area contributed by atoms with Crippen molar-refractivity contribution in [1.29, 1.82) is 0 Å². The van der Waals surface area contributed by atoms with Gasteiger partial charge in [0.15, 0.2) is 0 Å². The van der Waals surface area contributed by atoms with Gasteiger partial charge < -0.3 is 10.2 Å². The van der Waals surface area contributed by atoms with E-state index in [4.69, 9.17) is 23.2 Å². The molecule has 200 valence electrons. The lowest BCUT2D eigenvalue weighted by Gasteiger charge is -2.41. The van der Waals surface area contributed by atoms with E-state index in [0.717, 1.165) is 29.5 Å². The van der Waals surface area contributed by atoms with Gasteiger partial charge in [0.25, 0.3) is 0 Å². The molecule has 4 nitrogen and oxygen atoms in total. The first-order valence-electron chi connectivity index (χ1n) is 10.9. The third kappa shape index (κ3) is 4.87. The largest absolute Gasteiger partial charge is 0.481 e. The number of thiophene rings is 1. The van der Waals surface area contributed by atoms with E-state index in [1.165, 1.54) is 37.3 Å². The molecule has 2 atom stereocenters. The fraction of sp³-hybridized carbons (Fsp3) is 0.231. The van der Waals surface area contributed by atoms with Gasteiger partial charge in [0, 0.05) is 10.6 Å². The van der Waals surface area contributed by atoms with Crippen molar-refractivity contribution in [3.05, 3.63) is 84.9 Å². The second kappa shape index (κ2) is 9.97. The molecule has 2 unspecified atom stereocenters. The Hall–Kier alpha value is -2.40. The van der Waals surface area contributed by atoms with Crippen LogP contribution in [0.4, 0.5) is 17.6 Å². The number of benzene rings is 2. The highest BCUT2D eigenvalue weighted by atomic mass is 79.9. The summed E-state index contributed by atoms with van der Waals surface area (Å²) in [4.78, 5) is 25.9. The Morgan fingerprint density at radius 3 is 2.18 bits per heavy atom. The Bertz CT molecular complexity index is 1470. The van der Waals surface area contributed by atoms with Crippen LogP contribution in [0.3, 0.4) is 0 Å². The summed E-state index contributed by atoms with van der Waals surface area (Å²) in [5.41, 5.74) is -4.32. The molecule has 0 fully saturated rings. The minimum Gasteiger partial charge on any atom is -0.481 e. The van der Waals surface area contributed by atoms with Crippen LogP contribution in [0.15, 0.2) is 53.0 Å². The van der Waals surface area contributed by atoms with E-state index < -0.39 is 46.7 Å². The summed E-state index contributed by atoms with van der Waals surface area (Å²) >= 11 is 17.3. The molecule has 1 aliphatic rings. The van der Waals surface area contributed by atoms with Crippen LogP contribution in [0.1, 0.15) is 35.8 Å². The number of aliphatic carboxylic acids is 2. The van der Waals surface area contributed by atoms with Crippen LogP contribution in [0, 0.1) is 11.2 Å². The van der Waals surface area contributed by atoms with Crippen LogP contribution in [0.25, 0.3) is 16.0 Å². The van der Waals surface area contributed by atoms with Crippen molar-refractivity contribution in [2.24, 2.45) is 5.41 Å². The maximum atomic E-state index is 15.1. The van der Waals surface area contributed by atoms with Crippen LogP contribution in [0.5, 0.6) is 0 Å². The second-order valence-corrected chi connectivity index (χ2v) is 11.8. The predicted octanol–water partition coefficient (Wildman–Crippen LogP) is 8.93. The number of rotatable bonds is 5. The van der Waals surface area contributed by atoms with Crippen LogP contribution in [-0.4, -0.2) is 22.2 Å². The van der Waals surface area contributed by atoms with E-state index in [2.05, 4.69) is 15.9 Å². The van der Waals surface area contributed by atoms with Gasteiger partial charge >= 0.3 is 18.1 Å². The van der Waals surface area contributed by atoms with Crippen LogP contribution >= 0.6 is 50.5 Å². The zero-order valence-corrected chi connectivity index (χ0v) is 23.2. The number of hydrogen-bond donors (Lipinski definition) is 2. The first-order chi connectivity index (χ1) is 17.6. The van der Waals surface area contributed by atoms with E-state index in [1.54, 1.807) is 0 Å². The number of carboxylic acid groups (broad SMARTS) is 2. The number of allylic oxidation sites excluding steroid dienone is 1. The number of carbonyl (C=O) groups is 2. The van der Waals surface area contributed by atoms with Crippen molar-refractivity contribution in [3.8, 4) is 10.4 Å². The predicted molar refractivity (Wildman–Crippen MR) is 141 cm³/mol. The number of carboxylic acids is 2. The average Bonchev–Trinajstić information content (AvgIpc) is 3.12. The van der Waals surface area contributed by atoms with Crippen molar-refractivity contribution in [2.45, 2.75) is 31.4 Å². The zero-order chi connectivity index (χ0) is 28.2. The van der Waals surface area contributed by atoms with Gasteiger partial charge in [-0.3, -0.25) is 9.59 Å². The SMILES string of the molecule is CC1(C(=O)O)C=C(c2sc(-c3ccc(C(F)(F)F)cc3)c(Br)c2Cl)CC(C(=O)O)(c2c(F)cccc2Cl)C1. The average molecular weight is 652 g/mol. The Morgan fingerprint density at radius 2 is 1.66 bits per heavy atom. The molecule has 0 saturated heterocycles. The minimum atomic E-state index is -4.52. The molecule has 1 aliphatic carbocycles. The number of halogens is 7. The normalized spacial score (nSPS) is 21.7. The fourth-order valence-corrected chi connectivity index (χ4v) is 7.40. The molecule has 0 bridgehead atoms. The maximum absolute atomic E-state index is 15.1. The van der Waals surface area contributed by atoms with E-state index in [-0.39, 0.29) is 27.6 Å². The lowest BCUT2D eigenvalue weighted by atomic mass is 9.60. The van der Waals surface area contributed by atoms with Crippen LogP contribution in [0.2, 0.25) is 10.0 Å². The second-order valence-electron chi connectivity index (χ2n) is 9.19. The van der Waals surface area contributed by atoms with Gasteiger partial charge in [0.2, 0.25) is 0 Å². The lowest BCUT2D eigenvalue weighted by molar-refractivity contribution is -0.151. The Morgan fingerprint density at radius 1 is 1.03 bits per heavy atom.